The fourth-order valence-electron chi connectivity index (χ4n) is 12.4. The van der Waals surface area contributed by atoms with Crippen LogP contribution in [0.1, 0.15) is 420 Å². The summed E-state index contributed by atoms with van der Waals surface area (Å²) in [5.74, 6) is -0.671. The number of hydrogen-bond acceptors (Lipinski definition) is 15. The molecule has 0 amide bonds. The van der Waals surface area contributed by atoms with Gasteiger partial charge in [-0.05, 0) is 37.5 Å². The molecule has 0 aliphatic heterocycles. The molecule has 0 aliphatic carbocycles. The summed E-state index contributed by atoms with van der Waals surface area (Å²) >= 11 is 0. The number of phosphoric ester groups is 2. The van der Waals surface area contributed by atoms with E-state index in [1.165, 1.54) is 231 Å². The highest BCUT2D eigenvalue weighted by molar-refractivity contribution is 7.47. The number of esters is 4. The van der Waals surface area contributed by atoms with Crippen molar-refractivity contribution in [3.8, 4) is 0 Å². The predicted octanol–water partition coefficient (Wildman–Crippen LogP) is 23.9. The van der Waals surface area contributed by atoms with E-state index in [-0.39, 0.29) is 25.7 Å². The summed E-state index contributed by atoms with van der Waals surface area (Å²) in [5, 5.41) is 10.6. The third kappa shape index (κ3) is 74.1. The Balaban J connectivity index is 5.22. The second-order valence-electron chi connectivity index (χ2n) is 29.8. The molecule has 2 unspecified atom stereocenters. The van der Waals surface area contributed by atoms with Crippen LogP contribution in [0.5, 0.6) is 0 Å². The zero-order valence-electron chi connectivity index (χ0n) is 64.8. The van der Waals surface area contributed by atoms with Gasteiger partial charge in [-0.3, -0.25) is 37.3 Å². The van der Waals surface area contributed by atoms with Crippen LogP contribution in [-0.2, 0) is 65.4 Å². The number of ether oxygens (including phenoxy) is 4. The van der Waals surface area contributed by atoms with Gasteiger partial charge in [0, 0.05) is 25.7 Å². The second kappa shape index (κ2) is 71.7. The average Bonchev–Trinajstić information content (AvgIpc) is 0.992. The Morgan fingerprint density at radius 2 is 0.465 bits per heavy atom. The van der Waals surface area contributed by atoms with Gasteiger partial charge in [0.1, 0.15) is 19.3 Å². The minimum absolute atomic E-state index is 0.105. The molecule has 0 saturated heterocycles. The lowest BCUT2D eigenvalue weighted by molar-refractivity contribution is -0.161. The van der Waals surface area contributed by atoms with Crippen LogP contribution in [0.2, 0.25) is 0 Å². The van der Waals surface area contributed by atoms with Gasteiger partial charge < -0.3 is 33.8 Å². The topological polar surface area (TPSA) is 237 Å². The molecule has 0 rings (SSSR count). The molecule has 0 aliphatic rings. The van der Waals surface area contributed by atoms with E-state index in [9.17, 15) is 43.2 Å². The van der Waals surface area contributed by atoms with E-state index in [0.29, 0.717) is 31.6 Å². The summed E-state index contributed by atoms with van der Waals surface area (Å²) in [5.41, 5.74) is 0. The van der Waals surface area contributed by atoms with Crippen LogP contribution >= 0.6 is 15.6 Å². The number of unbranched alkanes of at least 4 members (excludes halogenated alkanes) is 49. The molecular weight excluding hydrogens is 1290 g/mol. The molecule has 3 N–H and O–H groups in total. The molecule has 99 heavy (non-hydrogen) atoms. The Hall–Kier alpha value is -1.94. The SMILES string of the molecule is CCCCCCCCCCCCCCCCCCCCCC(=O)O[C@H](COC(=O)CCCCCCCCCCCCCCCCCCCC)COP(=O)(O)OC[C@@H](O)COP(=O)(O)OC[C@@H](COC(=O)CCCCCCCCCC(C)C)OC(=O)CCCCCCCCCCCC(C)C. The first-order chi connectivity index (χ1) is 47.9. The van der Waals surface area contributed by atoms with Gasteiger partial charge in [0.15, 0.2) is 12.2 Å². The van der Waals surface area contributed by atoms with E-state index in [1.807, 2.05) is 0 Å². The summed E-state index contributed by atoms with van der Waals surface area (Å²) in [6.45, 7) is 9.54. The molecule has 19 heteroatoms. The molecule has 0 aromatic rings. The molecule has 5 atom stereocenters. The minimum atomic E-state index is -4.96. The van der Waals surface area contributed by atoms with Crippen molar-refractivity contribution < 1.29 is 80.2 Å². The number of carbonyl (C=O) groups is 4. The Bertz CT molecular complexity index is 1910. The van der Waals surface area contributed by atoms with Crippen molar-refractivity contribution in [2.45, 2.75) is 439 Å². The molecule has 0 fully saturated rings. The van der Waals surface area contributed by atoms with Crippen LogP contribution in [-0.4, -0.2) is 96.7 Å². The third-order valence-electron chi connectivity index (χ3n) is 18.7. The Labute approximate surface area is 607 Å². The van der Waals surface area contributed by atoms with Gasteiger partial charge in [-0.15, -0.1) is 0 Å². The van der Waals surface area contributed by atoms with Gasteiger partial charge in [-0.25, -0.2) is 9.13 Å². The zero-order valence-corrected chi connectivity index (χ0v) is 66.6. The van der Waals surface area contributed by atoms with E-state index < -0.39 is 97.5 Å². The van der Waals surface area contributed by atoms with E-state index >= 15 is 0 Å². The number of carbonyl (C=O) groups excluding carboxylic acids is 4. The number of hydrogen-bond donors (Lipinski definition) is 3. The Kier molecular flexibility index (Phi) is 70.3. The van der Waals surface area contributed by atoms with Crippen LogP contribution in [0.25, 0.3) is 0 Å². The molecule has 0 heterocycles. The van der Waals surface area contributed by atoms with Crippen molar-refractivity contribution in [2.75, 3.05) is 39.6 Å². The summed E-state index contributed by atoms with van der Waals surface area (Å²) in [6.07, 6.45) is 61.3. The quantitative estimate of drug-likeness (QED) is 0.0222. The Morgan fingerprint density at radius 1 is 0.273 bits per heavy atom. The number of phosphoric acid groups is 2. The van der Waals surface area contributed by atoms with Gasteiger partial charge in [0.2, 0.25) is 0 Å². The predicted molar refractivity (Wildman–Crippen MR) is 405 cm³/mol. The maximum absolute atomic E-state index is 13.1. The van der Waals surface area contributed by atoms with Crippen LogP contribution in [0, 0.1) is 11.8 Å². The lowest BCUT2D eigenvalue weighted by Gasteiger charge is -2.21. The maximum Gasteiger partial charge on any atom is 0.472 e. The summed E-state index contributed by atoms with van der Waals surface area (Å²) < 4.78 is 68.6. The molecule has 0 saturated carbocycles. The smallest absolute Gasteiger partial charge is 0.462 e. The van der Waals surface area contributed by atoms with Gasteiger partial charge in [-0.1, -0.05) is 369 Å². The van der Waals surface area contributed by atoms with Crippen molar-refractivity contribution in [3.63, 3.8) is 0 Å². The number of aliphatic hydroxyl groups excluding tert-OH is 1. The van der Waals surface area contributed by atoms with Crippen molar-refractivity contribution in [1.82, 2.24) is 0 Å². The Morgan fingerprint density at radius 3 is 0.687 bits per heavy atom. The molecule has 0 aromatic heterocycles. The van der Waals surface area contributed by atoms with Crippen LogP contribution in [0.15, 0.2) is 0 Å². The number of rotatable bonds is 79. The molecular formula is C80H156O17P2. The highest BCUT2D eigenvalue weighted by atomic mass is 31.2. The largest absolute Gasteiger partial charge is 0.472 e. The van der Waals surface area contributed by atoms with Crippen molar-refractivity contribution in [2.24, 2.45) is 11.8 Å². The van der Waals surface area contributed by atoms with Gasteiger partial charge in [0.05, 0.1) is 26.4 Å². The fraction of sp³-hybridized carbons (Fsp3) is 0.950. The van der Waals surface area contributed by atoms with E-state index in [1.54, 1.807) is 0 Å². The summed E-state index contributed by atoms with van der Waals surface area (Å²) in [7, 11) is -9.92. The zero-order chi connectivity index (χ0) is 72.8. The van der Waals surface area contributed by atoms with E-state index in [4.69, 9.17) is 37.0 Å². The maximum atomic E-state index is 13.1. The lowest BCUT2D eigenvalue weighted by Crippen LogP contribution is -2.30. The first kappa shape index (κ1) is 97.1. The van der Waals surface area contributed by atoms with Gasteiger partial charge in [0.25, 0.3) is 0 Å². The van der Waals surface area contributed by atoms with Gasteiger partial charge in [-0.2, -0.15) is 0 Å². The lowest BCUT2D eigenvalue weighted by atomic mass is 10.0. The number of aliphatic hydroxyl groups is 1. The minimum Gasteiger partial charge on any atom is -0.462 e. The fourth-order valence-corrected chi connectivity index (χ4v) is 13.9. The highest BCUT2D eigenvalue weighted by Crippen LogP contribution is 2.45. The monoisotopic (exact) mass is 1450 g/mol. The first-order valence-electron chi connectivity index (χ1n) is 41.5. The molecule has 17 nitrogen and oxygen atoms in total. The van der Waals surface area contributed by atoms with Crippen molar-refractivity contribution in [1.29, 1.82) is 0 Å². The molecule has 0 aromatic carbocycles. The summed E-state index contributed by atoms with van der Waals surface area (Å²) in [6, 6.07) is 0. The van der Waals surface area contributed by atoms with Crippen LogP contribution < -0.4 is 0 Å². The van der Waals surface area contributed by atoms with E-state index in [2.05, 4.69) is 41.5 Å². The third-order valence-corrected chi connectivity index (χ3v) is 20.6. The standard InChI is InChI=1S/C80H156O17P2/c1-7-9-11-13-15-17-19-21-23-25-27-29-31-33-35-39-45-52-58-64-79(84)96-75(68-90-77(82)62-56-50-44-38-34-32-30-28-26-24-22-20-18-16-14-12-10-8-2)70-94-98(86,87)92-66-74(81)67-93-99(88,89)95-71-76(69-91-78(83)63-57-51-47-41-43-49-55-61-73(5)6)97-80(85)65-59-53-46-40-36-37-42-48-54-60-72(3)4/h72-76,81H,7-71H2,1-6H3,(H,86,87)(H,88,89)/t74-,75-,76-/m1/s1. The van der Waals surface area contributed by atoms with Crippen LogP contribution in [0.4, 0.5) is 0 Å². The normalized spacial score (nSPS) is 13.9. The highest BCUT2D eigenvalue weighted by Gasteiger charge is 2.30. The van der Waals surface area contributed by atoms with Gasteiger partial charge >= 0.3 is 39.5 Å². The molecule has 588 valence electrons. The first-order valence-corrected chi connectivity index (χ1v) is 44.5. The molecule has 0 spiro atoms. The van der Waals surface area contributed by atoms with E-state index in [0.717, 1.165) is 102 Å². The van der Waals surface area contributed by atoms with Crippen molar-refractivity contribution in [3.05, 3.63) is 0 Å². The average molecular weight is 1450 g/mol. The second-order valence-corrected chi connectivity index (χ2v) is 32.7. The van der Waals surface area contributed by atoms with Crippen molar-refractivity contribution >= 4 is 39.5 Å². The molecule has 0 bridgehead atoms. The molecule has 0 radical (unpaired) electrons. The van der Waals surface area contributed by atoms with Crippen LogP contribution in [0.3, 0.4) is 0 Å². The summed E-state index contributed by atoms with van der Waals surface area (Å²) in [4.78, 5) is 72.9.